The first-order chi connectivity index (χ1) is 5.09. The second kappa shape index (κ2) is 3.12. The third-order valence-electron chi connectivity index (χ3n) is 1.30. The van der Waals surface area contributed by atoms with Crippen molar-refractivity contribution in [2.75, 3.05) is 13.6 Å². The Morgan fingerprint density at radius 3 is 2.64 bits per heavy atom. The van der Waals surface area contributed by atoms with E-state index in [9.17, 15) is 0 Å². The van der Waals surface area contributed by atoms with Gasteiger partial charge in [-0.1, -0.05) is 0 Å². The van der Waals surface area contributed by atoms with Gasteiger partial charge in [-0.2, -0.15) is 0 Å². The van der Waals surface area contributed by atoms with Crippen LogP contribution in [-0.2, 0) is 9.49 Å². The van der Waals surface area contributed by atoms with Gasteiger partial charge in [0.05, 0.1) is 6.54 Å². The Morgan fingerprint density at radius 1 is 1.64 bits per heavy atom. The monoisotopic (exact) mass is 159 g/mol. The second-order valence-corrected chi connectivity index (χ2v) is 2.30. The van der Waals surface area contributed by atoms with E-state index in [4.69, 9.17) is 14.9 Å². The summed E-state index contributed by atoms with van der Waals surface area (Å²) < 4.78 is 4.62. The molecular formula is C5H10BNO4. The van der Waals surface area contributed by atoms with Crippen LogP contribution < -0.4 is 0 Å². The van der Waals surface area contributed by atoms with Crippen molar-refractivity contribution >= 4 is 7.32 Å². The molecule has 1 rings (SSSR count). The molecule has 0 spiro atoms. The van der Waals surface area contributed by atoms with Crippen molar-refractivity contribution in [3.63, 3.8) is 0 Å². The second-order valence-electron chi connectivity index (χ2n) is 2.30. The molecule has 5 nitrogen and oxygen atoms in total. The van der Waals surface area contributed by atoms with Crippen LogP contribution in [-0.4, -0.2) is 36.0 Å². The van der Waals surface area contributed by atoms with Gasteiger partial charge in [-0.05, 0) is 6.92 Å². The van der Waals surface area contributed by atoms with Crippen LogP contribution in [0.25, 0.3) is 0 Å². The molecule has 0 aromatic heterocycles. The minimum atomic E-state index is -1.77. The lowest BCUT2D eigenvalue weighted by Gasteiger charge is -2.06. The smallest absolute Gasteiger partial charge is 0.511 e. The van der Waals surface area contributed by atoms with Gasteiger partial charge in [-0.25, -0.2) is 0 Å². The van der Waals surface area contributed by atoms with Gasteiger partial charge >= 0.3 is 7.32 Å². The van der Waals surface area contributed by atoms with Crippen molar-refractivity contribution in [1.29, 1.82) is 0 Å². The first kappa shape index (κ1) is 8.38. The Labute approximate surface area is 65.0 Å². The maximum absolute atomic E-state index is 8.44. The molecule has 0 amide bonds. The van der Waals surface area contributed by atoms with E-state index >= 15 is 0 Å². The molecule has 0 atom stereocenters. The summed E-state index contributed by atoms with van der Waals surface area (Å²) in [6.45, 7) is 2.13. The Bertz CT molecular complexity index is 181. The van der Waals surface area contributed by atoms with Gasteiger partial charge < -0.3 is 19.5 Å². The molecule has 0 saturated heterocycles. The summed E-state index contributed by atoms with van der Waals surface area (Å²) in [6.07, 6.45) is 0. The summed E-state index contributed by atoms with van der Waals surface area (Å²) in [4.78, 5) is 5.04. The lowest BCUT2D eigenvalue weighted by molar-refractivity contribution is -0.0661. The van der Waals surface area contributed by atoms with Crippen molar-refractivity contribution in [3.05, 3.63) is 11.5 Å². The van der Waals surface area contributed by atoms with Crippen LogP contribution in [0.2, 0.25) is 0 Å². The number of hydrogen-bond acceptors (Lipinski definition) is 5. The number of likely N-dealkylation sites (N-methyl/N-ethyl adjacent to an activating group) is 1. The topological polar surface area (TPSA) is 62.2 Å². The van der Waals surface area contributed by atoms with Gasteiger partial charge in [-0.3, -0.25) is 0 Å². The highest BCUT2D eigenvalue weighted by atomic mass is 16.7. The third-order valence-corrected chi connectivity index (χ3v) is 1.30. The molecule has 62 valence electrons. The van der Waals surface area contributed by atoms with Crippen LogP contribution in [0.1, 0.15) is 6.92 Å². The normalized spacial score (nSPS) is 18.5. The molecule has 0 bridgehead atoms. The lowest BCUT2D eigenvalue weighted by Crippen LogP contribution is -2.20. The molecule has 0 aromatic rings. The van der Waals surface area contributed by atoms with Crippen molar-refractivity contribution in [2.24, 2.45) is 0 Å². The summed E-state index contributed by atoms with van der Waals surface area (Å²) in [5.41, 5.74) is 0. The molecule has 1 aliphatic rings. The van der Waals surface area contributed by atoms with Gasteiger partial charge in [0.25, 0.3) is 0 Å². The highest BCUT2D eigenvalue weighted by molar-refractivity contribution is 6.33. The van der Waals surface area contributed by atoms with Gasteiger partial charge in [-0.15, -0.1) is 5.06 Å². The van der Waals surface area contributed by atoms with Gasteiger partial charge in [0, 0.05) is 7.05 Å². The van der Waals surface area contributed by atoms with E-state index in [1.807, 2.05) is 0 Å². The Morgan fingerprint density at radius 2 is 2.27 bits per heavy atom. The fourth-order valence-corrected chi connectivity index (χ4v) is 0.878. The van der Waals surface area contributed by atoms with Crippen LogP contribution in [0.3, 0.4) is 0 Å². The zero-order chi connectivity index (χ0) is 8.43. The van der Waals surface area contributed by atoms with Crippen LogP contribution in [0.15, 0.2) is 11.5 Å². The highest BCUT2D eigenvalue weighted by Gasteiger charge is 2.23. The fourth-order valence-electron chi connectivity index (χ4n) is 0.878. The zero-order valence-corrected chi connectivity index (χ0v) is 6.44. The molecule has 11 heavy (non-hydrogen) atoms. The van der Waals surface area contributed by atoms with Crippen LogP contribution in [0.5, 0.6) is 0 Å². The highest BCUT2D eigenvalue weighted by Crippen LogP contribution is 2.17. The van der Waals surface area contributed by atoms with E-state index in [1.165, 1.54) is 5.06 Å². The maximum Gasteiger partial charge on any atom is 0.707 e. The average molecular weight is 159 g/mol. The molecule has 0 aliphatic carbocycles. The molecular weight excluding hydrogens is 149 g/mol. The van der Waals surface area contributed by atoms with E-state index in [-0.39, 0.29) is 0 Å². The first-order valence-corrected chi connectivity index (χ1v) is 3.21. The fraction of sp³-hybridized carbons (Fsp3) is 0.600. The first-order valence-electron chi connectivity index (χ1n) is 3.21. The van der Waals surface area contributed by atoms with E-state index in [1.54, 1.807) is 14.0 Å². The lowest BCUT2D eigenvalue weighted by atomic mass is 10.2. The van der Waals surface area contributed by atoms with Gasteiger partial charge in [0.15, 0.2) is 5.76 Å². The molecule has 1 heterocycles. The van der Waals surface area contributed by atoms with Gasteiger partial charge in [0.1, 0.15) is 5.76 Å². The molecule has 0 saturated carbocycles. The molecule has 0 aromatic carbocycles. The van der Waals surface area contributed by atoms with Crippen LogP contribution >= 0.6 is 0 Å². The third kappa shape index (κ3) is 2.11. The summed E-state index contributed by atoms with van der Waals surface area (Å²) in [7, 11) is -0.0427. The Hall–Kier alpha value is -0.715. The largest absolute Gasteiger partial charge is 0.707 e. The van der Waals surface area contributed by atoms with E-state index in [2.05, 4.69) is 4.65 Å². The summed E-state index contributed by atoms with van der Waals surface area (Å²) in [5.74, 6) is 1.00. The zero-order valence-electron chi connectivity index (χ0n) is 6.44. The van der Waals surface area contributed by atoms with Gasteiger partial charge in [0.2, 0.25) is 0 Å². The maximum atomic E-state index is 8.44. The standard InChI is InChI=1S/C5H10BNO4/c1-4-5(10-6(8)9)3-7(2)11-4/h8-9H,3H2,1-2H3. The van der Waals surface area contributed by atoms with Crippen LogP contribution in [0, 0.1) is 0 Å². The number of allylic oxidation sites excluding steroid dienone is 1. The van der Waals surface area contributed by atoms with Crippen molar-refractivity contribution in [3.8, 4) is 0 Å². The minimum Gasteiger partial charge on any atom is -0.511 e. The van der Waals surface area contributed by atoms with E-state index < -0.39 is 7.32 Å². The number of hydrogen-bond donors (Lipinski definition) is 2. The molecule has 0 fully saturated rings. The number of hydroxylamine groups is 2. The van der Waals surface area contributed by atoms with Crippen molar-refractivity contribution in [1.82, 2.24) is 5.06 Å². The van der Waals surface area contributed by atoms with E-state index in [0.717, 1.165) is 0 Å². The summed E-state index contributed by atoms with van der Waals surface area (Å²) >= 11 is 0. The van der Waals surface area contributed by atoms with Crippen molar-refractivity contribution < 1.29 is 19.5 Å². The molecule has 0 radical (unpaired) electrons. The summed E-state index contributed by atoms with van der Waals surface area (Å²) in [5, 5.41) is 18.4. The molecule has 1 aliphatic heterocycles. The average Bonchev–Trinajstić information content (AvgIpc) is 2.09. The predicted octanol–water partition coefficient (Wildman–Crippen LogP) is -0.919. The SMILES string of the molecule is CC1=C(OB(O)O)CN(C)O1. The summed E-state index contributed by atoms with van der Waals surface area (Å²) in [6, 6.07) is 0. The van der Waals surface area contributed by atoms with Crippen molar-refractivity contribution in [2.45, 2.75) is 6.92 Å². The number of rotatable bonds is 2. The molecule has 0 unspecified atom stereocenters. The minimum absolute atomic E-state index is 0.434. The molecule has 6 heteroatoms. The Kier molecular flexibility index (Phi) is 2.38. The number of nitrogens with zero attached hydrogens (tertiary/aromatic N) is 1. The molecule has 2 N–H and O–H groups in total. The Balaban J connectivity index is 2.51. The van der Waals surface area contributed by atoms with E-state index in [0.29, 0.717) is 18.1 Å². The quantitative estimate of drug-likeness (QED) is 0.510. The van der Waals surface area contributed by atoms with Crippen LogP contribution in [0.4, 0.5) is 0 Å². The predicted molar refractivity (Wildman–Crippen MR) is 37.7 cm³/mol.